The number of hydrogen-bond acceptors (Lipinski definition) is 2. The molecule has 0 amide bonds. The molecule has 1 N–H and O–H groups in total. The standard InChI is InChI=1S/C13H26N2/c1-3-15-8-4-5-13(15)10-14-11(2)9-12-6-7-12/h11-14H,3-10H2,1-2H3. The van der Waals surface area contributed by atoms with E-state index >= 15 is 0 Å². The Kier molecular flexibility index (Phi) is 4.04. The monoisotopic (exact) mass is 210 g/mol. The zero-order valence-electron chi connectivity index (χ0n) is 10.3. The predicted molar refractivity (Wildman–Crippen MR) is 65.1 cm³/mol. The molecule has 1 saturated carbocycles. The second kappa shape index (κ2) is 5.31. The summed E-state index contributed by atoms with van der Waals surface area (Å²) in [6.45, 7) is 8.39. The maximum Gasteiger partial charge on any atom is 0.0221 e. The van der Waals surface area contributed by atoms with Gasteiger partial charge in [0.25, 0.3) is 0 Å². The molecular formula is C13H26N2. The largest absolute Gasteiger partial charge is 0.313 e. The van der Waals surface area contributed by atoms with Crippen molar-refractivity contribution < 1.29 is 0 Å². The van der Waals surface area contributed by atoms with Crippen LogP contribution in [0.3, 0.4) is 0 Å². The van der Waals surface area contributed by atoms with Crippen LogP contribution in [-0.4, -0.2) is 36.6 Å². The highest BCUT2D eigenvalue weighted by Crippen LogP contribution is 2.33. The molecule has 0 aromatic rings. The maximum absolute atomic E-state index is 3.72. The average Bonchev–Trinajstić information content (AvgIpc) is 2.92. The van der Waals surface area contributed by atoms with Gasteiger partial charge in [-0.1, -0.05) is 19.8 Å². The Labute approximate surface area is 94.4 Å². The number of rotatable bonds is 6. The predicted octanol–water partition coefficient (Wildman–Crippen LogP) is 2.25. The molecule has 1 heterocycles. The van der Waals surface area contributed by atoms with E-state index in [4.69, 9.17) is 0 Å². The van der Waals surface area contributed by atoms with Gasteiger partial charge in [-0.3, -0.25) is 4.90 Å². The SMILES string of the molecule is CCN1CCCC1CNC(C)CC1CC1. The first-order valence-electron chi connectivity index (χ1n) is 6.77. The molecular weight excluding hydrogens is 184 g/mol. The summed E-state index contributed by atoms with van der Waals surface area (Å²) in [7, 11) is 0. The summed E-state index contributed by atoms with van der Waals surface area (Å²) in [5, 5.41) is 3.72. The summed E-state index contributed by atoms with van der Waals surface area (Å²) in [5.74, 6) is 1.05. The first-order chi connectivity index (χ1) is 7.29. The highest BCUT2D eigenvalue weighted by Gasteiger charge is 2.25. The fraction of sp³-hybridized carbons (Fsp3) is 1.00. The molecule has 2 fully saturated rings. The van der Waals surface area contributed by atoms with Crippen LogP contribution in [0.15, 0.2) is 0 Å². The summed E-state index contributed by atoms with van der Waals surface area (Å²) in [4.78, 5) is 2.62. The Hall–Kier alpha value is -0.0800. The smallest absolute Gasteiger partial charge is 0.0221 e. The molecule has 1 saturated heterocycles. The summed E-state index contributed by atoms with van der Waals surface area (Å²) in [6.07, 6.45) is 7.17. The molecule has 2 aliphatic rings. The zero-order valence-corrected chi connectivity index (χ0v) is 10.3. The van der Waals surface area contributed by atoms with E-state index in [-0.39, 0.29) is 0 Å². The fourth-order valence-electron chi connectivity index (χ4n) is 2.82. The van der Waals surface area contributed by atoms with Gasteiger partial charge in [0.15, 0.2) is 0 Å². The molecule has 2 unspecified atom stereocenters. The van der Waals surface area contributed by atoms with Crippen molar-refractivity contribution in [1.29, 1.82) is 0 Å². The van der Waals surface area contributed by atoms with Crippen LogP contribution in [0, 0.1) is 5.92 Å². The van der Waals surface area contributed by atoms with Crippen molar-refractivity contribution in [2.24, 2.45) is 5.92 Å². The van der Waals surface area contributed by atoms with E-state index in [0.29, 0.717) is 0 Å². The van der Waals surface area contributed by atoms with Gasteiger partial charge in [0, 0.05) is 18.6 Å². The zero-order chi connectivity index (χ0) is 10.7. The molecule has 15 heavy (non-hydrogen) atoms. The molecule has 2 rings (SSSR count). The molecule has 0 aromatic carbocycles. The van der Waals surface area contributed by atoms with Crippen molar-refractivity contribution in [2.45, 2.75) is 58.0 Å². The molecule has 2 nitrogen and oxygen atoms in total. The molecule has 2 atom stereocenters. The Bertz CT molecular complexity index is 189. The van der Waals surface area contributed by atoms with Crippen LogP contribution in [0.1, 0.15) is 46.0 Å². The Morgan fingerprint density at radius 2 is 2.13 bits per heavy atom. The van der Waals surface area contributed by atoms with E-state index in [0.717, 1.165) is 18.0 Å². The second-order valence-corrected chi connectivity index (χ2v) is 5.41. The Balaban J connectivity index is 1.62. The molecule has 1 aliphatic carbocycles. The van der Waals surface area contributed by atoms with Crippen LogP contribution < -0.4 is 5.32 Å². The molecule has 0 spiro atoms. The number of nitrogens with one attached hydrogen (secondary N) is 1. The van der Waals surface area contributed by atoms with Gasteiger partial charge in [-0.05, 0) is 45.2 Å². The number of likely N-dealkylation sites (N-methyl/N-ethyl adjacent to an activating group) is 1. The van der Waals surface area contributed by atoms with Gasteiger partial charge >= 0.3 is 0 Å². The topological polar surface area (TPSA) is 15.3 Å². The third kappa shape index (κ3) is 3.46. The van der Waals surface area contributed by atoms with Gasteiger partial charge in [-0.2, -0.15) is 0 Å². The summed E-state index contributed by atoms with van der Waals surface area (Å²) < 4.78 is 0. The second-order valence-electron chi connectivity index (χ2n) is 5.41. The molecule has 0 radical (unpaired) electrons. The minimum Gasteiger partial charge on any atom is -0.313 e. The normalized spacial score (nSPS) is 29.6. The minimum absolute atomic E-state index is 0.733. The van der Waals surface area contributed by atoms with E-state index < -0.39 is 0 Å². The fourth-order valence-corrected chi connectivity index (χ4v) is 2.82. The van der Waals surface area contributed by atoms with Crippen molar-refractivity contribution in [1.82, 2.24) is 10.2 Å². The summed E-state index contributed by atoms with van der Waals surface area (Å²) in [5.41, 5.74) is 0. The van der Waals surface area contributed by atoms with E-state index in [9.17, 15) is 0 Å². The van der Waals surface area contributed by atoms with E-state index in [1.54, 1.807) is 0 Å². The van der Waals surface area contributed by atoms with Gasteiger partial charge in [0.05, 0.1) is 0 Å². The van der Waals surface area contributed by atoms with Crippen molar-refractivity contribution >= 4 is 0 Å². The van der Waals surface area contributed by atoms with Crippen LogP contribution in [0.2, 0.25) is 0 Å². The van der Waals surface area contributed by atoms with Crippen LogP contribution in [-0.2, 0) is 0 Å². The maximum atomic E-state index is 3.72. The average molecular weight is 210 g/mol. The molecule has 1 aliphatic heterocycles. The van der Waals surface area contributed by atoms with E-state index in [2.05, 4.69) is 24.1 Å². The van der Waals surface area contributed by atoms with Crippen LogP contribution >= 0.6 is 0 Å². The highest BCUT2D eigenvalue weighted by molar-refractivity contribution is 4.83. The van der Waals surface area contributed by atoms with Gasteiger partial charge in [0.2, 0.25) is 0 Å². The highest BCUT2D eigenvalue weighted by atomic mass is 15.2. The molecule has 0 bridgehead atoms. The first-order valence-corrected chi connectivity index (χ1v) is 6.77. The lowest BCUT2D eigenvalue weighted by Gasteiger charge is -2.25. The lowest BCUT2D eigenvalue weighted by Crippen LogP contribution is -2.41. The van der Waals surface area contributed by atoms with Crippen molar-refractivity contribution in [2.75, 3.05) is 19.6 Å². The Morgan fingerprint density at radius 1 is 1.33 bits per heavy atom. The molecule has 0 aromatic heterocycles. The molecule has 2 heteroatoms. The lowest BCUT2D eigenvalue weighted by molar-refractivity contribution is 0.253. The van der Waals surface area contributed by atoms with Gasteiger partial charge < -0.3 is 5.32 Å². The van der Waals surface area contributed by atoms with Gasteiger partial charge in [-0.25, -0.2) is 0 Å². The number of hydrogen-bond donors (Lipinski definition) is 1. The quantitative estimate of drug-likeness (QED) is 0.723. The van der Waals surface area contributed by atoms with Crippen molar-refractivity contribution in [3.63, 3.8) is 0 Å². The third-order valence-electron chi connectivity index (χ3n) is 3.99. The first kappa shape index (κ1) is 11.4. The number of nitrogens with zero attached hydrogens (tertiary/aromatic N) is 1. The summed E-state index contributed by atoms with van der Waals surface area (Å²) in [6, 6.07) is 1.55. The van der Waals surface area contributed by atoms with E-state index in [1.165, 1.54) is 51.7 Å². The van der Waals surface area contributed by atoms with Crippen LogP contribution in [0.4, 0.5) is 0 Å². The van der Waals surface area contributed by atoms with Crippen LogP contribution in [0.25, 0.3) is 0 Å². The summed E-state index contributed by atoms with van der Waals surface area (Å²) >= 11 is 0. The van der Waals surface area contributed by atoms with Gasteiger partial charge in [0.1, 0.15) is 0 Å². The Morgan fingerprint density at radius 3 is 2.80 bits per heavy atom. The van der Waals surface area contributed by atoms with Crippen LogP contribution in [0.5, 0.6) is 0 Å². The van der Waals surface area contributed by atoms with E-state index in [1.807, 2.05) is 0 Å². The van der Waals surface area contributed by atoms with Crippen molar-refractivity contribution in [3.8, 4) is 0 Å². The third-order valence-corrected chi connectivity index (χ3v) is 3.99. The molecule has 88 valence electrons. The lowest BCUT2D eigenvalue weighted by atomic mass is 10.1. The van der Waals surface area contributed by atoms with Crippen molar-refractivity contribution in [3.05, 3.63) is 0 Å². The van der Waals surface area contributed by atoms with Gasteiger partial charge in [-0.15, -0.1) is 0 Å². The minimum atomic E-state index is 0.733. The number of likely N-dealkylation sites (tertiary alicyclic amines) is 1.